The van der Waals surface area contributed by atoms with Gasteiger partial charge in [0.15, 0.2) is 5.84 Å². The number of hydrazone groups is 1. The summed E-state index contributed by atoms with van der Waals surface area (Å²) in [5.41, 5.74) is 11.7. The van der Waals surface area contributed by atoms with Crippen LogP contribution in [0.2, 0.25) is 5.02 Å². The molecule has 0 fully saturated rings. The smallest absolute Gasteiger partial charge is 0.173 e. The lowest BCUT2D eigenvalue weighted by atomic mass is 10.1. The molecule has 0 radical (unpaired) electrons. The molecular formula is C17H13ClFN5. The number of nitrogens with one attached hydrogen (secondary N) is 4. The Morgan fingerprint density at radius 1 is 1.04 bits per heavy atom. The van der Waals surface area contributed by atoms with E-state index in [1.807, 2.05) is 36.4 Å². The van der Waals surface area contributed by atoms with Gasteiger partial charge in [-0.1, -0.05) is 29.8 Å². The lowest BCUT2D eigenvalue weighted by Crippen LogP contribution is -2.35. The van der Waals surface area contributed by atoms with E-state index < -0.39 is 0 Å². The summed E-state index contributed by atoms with van der Waals surface area (Å²) in [6.45, 7) is 0. The van der Waals surface area contributed by atoms with Gasteiger partial charge in [-0.2, -0.15) is 0 Å². The van der Waals surface area contributed by atoms with Crippen LogP contribution in [0.15, 0.2) is 47.6 Å². The summed E-state index contributed by atoms with van der Waals surface area (Å²) in [6, 6.07) is 12.2. The number of halogens is 2. The average molecular weight is 342 g/mol. The van der Waals surface area contributed by atoms with Crippen molar-refractivity contribution < 1.29 is 4.39 Å². The van der Waals surface area contributed by atoms with Crippen LogP contribution in [0.25, 0.3) is 23.1 Å². The molecule has 4 rings (SSSR count). The van der Waals surface area contributed by atoms with Crippen LogP contribution >= 0.6 is 11.6 Å². The predicted molar refractivity (Wildman–Crippen MR) is 94.6 cm³/mol. The molecule has 3 aromatic rings. The van der Waals surface area contributed by atoms with Gasteiger partial charge in [-0.3, -0.25) is 5.43 Å². The first kappa shape index (κ1) is 14.7. The number of H-pyrrole nitrogens is 1. The van der Waals surface area contributed by atoms with Crippen molar-refractivity contribution in [3.8, 4) is 0 Å². The molecule has 2 aromatic carbocycles. The van der Waals surface area contributed by atoms with E-state index in [0.29, 0.717) is 16.4 Å². The quantitative estimate of drug-likeness (QED) is 0.590. The molecule has 120 valence electrons. The Hall–Kier alpha value is -2.83. The molecular weight excluding hydrogens is 329 g/mol. The monoisotopic (exact) mass is 341 g/mol. The van der Waals surface area contributed by atoms with Crippen LogP contribution in [-0.4, -0.2) is 10.8 Å². The summed E-state index contributed by atoms with van der Waals surface area (Å²) in [7, 11) is 0. The second kappa shape index (κ2) is 5.99. The molecule has 5 nitrogen and oxygen atoms in total. The topological polar surface area (TPSA) is 64.2 Å². The van der Waals surface area contributed by atoms with Crippen molar-refractivity contribution in [3.05, 3.63) is 70.1 Å². The van der Waals surface area contributed by atoms with Crippen LogP contribution in [0.1, 0.15) is 16.8 Å². The fourth-order valence-corrected chi connectivity index (χ4v) is 2.77. The molecule has 0 saturated heterocycles. The number of aromatic amines is 1. The Morgan fingerprint density at radius 2 is 1.88 bits per heavy atom. The lowest BCUT2D eigenvalue weighted by Gasteiger charge is -2.01. The number of fused-ring (bicyclic) bond motifs is 1. The van der Waals surface area contributed by atoms with E-state index in [1.54, 1.807) is 6.07 Å². The van der Waals surface area contributed by atoms with Gasteiger partial charge in [0.05, 0.1) is 11.3 Å². The first-order valence-electron chi connectivity index (χ1n) is 7.30. The summed E-state index contributed by atoms with van der Waals surface area (Å²) in [4.78, 5) is 3.23. The van der Waals surface area contributed by atoms with Crippen molar-refractivity contribution in [2.75, 3.05) is 0 Å². The number of hydrogen-bond acceptors (Lipinski definition) is 4. The summed E-state index contributed by atoms with van der Waals surface area (Å²) in [5.74, 6) is 0.338. The fourth-order valence-electron chi connectivity index (χ4n) is 2.64. The average Bonchev–Trinajstić information content (AvgIpc) is 3.20. The highest BCUT2D eigenvalue weighted by Gasteiger charge is 2.18. The van der Waals surface area contributed by atoms with Gasteiger partial charge in [-0.25, -0.2) is 9.93 Å². The number of hydrazine groups is 2. The molecule has 0 aliphatic carbocycles. The Balaban J connectivity index is 1.81. The normalized spacial score (nSPS) is 14.0. The van der Waals surface area contributed by atoms with Crippen molar-refractivity contribution in [1.82, 2.24) is 21.5 Å². The minimum atomic E-state index is -0.291. The van der Waals surface area contributed by atoms with Gasteiger partial charge in [0.2, 0.25) is 0 Å². The van der Waals surface area contributed by atoms with E-state index in [-0.39, 0.29) is 5.82 Å². The van der Waals surface area contributed by atoms with Gasteiger partial charge in [0, 0.05) is 15.9 Å². The van der Waals surface area contributed by atoms with Gasteiger partial charge in [0.1, 0.15) is 5.82 Å². The van der Waals surface area contributed by atoms with Crippen molar-refractivity contribution in [3.63, 3.8) is 0 Å². The van der Waals surface area contributed by atoms with Gasteiger partial charge >= 0.3 is 0 Å². The highest BCUT2D eigenvalue weighted by molar-refractivity contribution is 6.30. The standard InChI is InChI=1S/C17H13ClFN5/c18-11-4-1-10(2-5-11)3-8-14-16(17-21-23-24-22-17)13-7-6-12(19)9-15(13)20-14/h1-9,20,23-24H,(H,21,22)/b8-3+. The van der Waals surface area contributed by atoms with Crippen LogP contribution in [0.3, 0.4) is 0 Å². The summed E-state index contributed by atoms with van der Waals surface area (Å²) < 4.78 is 13.5. The maximum atomic E-state index is 13.5. The van der Waals surface area contributed by atoms with Gasteiger partial charge in [-0.05, 0) is 42.0 Å². The minimum absolute atomic E-state index is 0.291. The van der Waals surface area contributed by atoms with Gasteiger partial charge < -0.3 is 4.98 Å². The molecule has 7 heteroatoms. The zero-order valence-corrected chi connectivity index (χ0v) is 13.2. The van der Waals surface area contributed by atoms with Crippen molar-refractivity contribution >= 4 is 40.5 Å². The Kier molecular flexibility index (Phi) is 3.68. The van der Waals surface area contributed by atoms with Crippen molar-refractivity contribution in [2.24, 2.45) is 5.10 Å². The van der Waals surface area contributed by atoms with Crippen LogP contribution in [0.5, 0.6) is 0 Å². The van der Waals surface area contributed by atoms with E-state index >= 15 is 0 Å². The first-order valence-corrected chi connectivity index (χ1v) is 7.67. The highest BCUT2D eigenvalue weighted by Crippen LogP contribution is 2.25. The van der Waals surface area contributed by atoms with Crippen molar-refractivity contribution in [2.45, 2.75) is 0 Å². The fraction of sp³-hybridized carbons (Fsp3) is 0. The summed E-state index contributed by atoms with van der Waals surface area (Å²) in [5, 5.41) is 5.73. The predicted octanol–water partition coefficient (Wildman–Crippen LogP) is 3.40. The number of benzene rings is 2. The molecule has 1 aliphatic rings. The minimum Gasteiger partial charge on any atom is -0.354 e. The van der Waals surface area contributed by atoms with Crippen LogP contribution in [0, 0.1) is 5.82 Å². The zero-order chi connectivity index (χ0) is 16.5. The number of hydrogen-bond donors (Lipinski definition) is 4. The number of rotatable bonds is 3. The van der Waals surface area contributed by atoms with E-state index in [1.165, 1.54) is 12.1 Å². The van der Waals surface area contributed by atoms with Gasteiger partial charge in [-0.15, -0.1) is 10.6 Å². The second-order valence-corrected chi connectivity index (χ2v) is 5.75. The van der Waals surface area contributed by atoms with E-state index in [2.05, 4.69) is 26.6 Å². The third kappa shape index (κ3) is 2.73. The van der Waals surface area contributed by atoms with Crippen LogP contribution in [0.4, 0.5) is 4.39 Å². The van der Waals surface area contributed by atoms with Gasteiger partial charge in [0.25, 0.3) is 0 Å². The molecule has 1 aliphatic heterocycles. The summed E-state index contributed by atoms with van der Waals surface area (Å²) in [6.07, 6.45) is 3.89. The van der Waals surface area contributed by atoms with E-state index in [9.17, 15) is 4.39 Å². The Labute approximate surface area is 142 Å². The third-order valence-electron chi connectivity index (χ3n) is 3.74. The number of aromatic nitrogens is 1. The maximum Gasteiger partial charge on any atom is 0.173 e. The molecule has 2 heterocycles. The molecule has 0 saturated carbocycles. The first-order chi connectivity index (χ1) is 11.7. The molecule has 0 unspecified atom stereocenters. The third-order valence-corrected chi connectivity index (χ3v) is 4.00. The molecule has 1 aromatic heterocycles. The van der Waals surface area contributed by atoms with Crippen LogP contribution in [-0.2, 0) is 0 Å². The SMILES string of the molecule is Fc1ccc2c(C3=NNNN3)c(/C=C/c3ccc(Cl)cc3)[nH]c2c1. The molecule has 0 amide bonds. The Bertz CT molecular complexity index is 959. The Morgan fingerprint density at radius 3 is 2.62 bits per heavy atom. The molecule has 0 spiro atoms. The zero-order valence-electron chi connectivity index (χ0n) is 12.4. The second-order valence-electron chi connectivity index (χ2n) is 5.31. The van der Waals surface area contributed by atoms with Crippen LogP contribution < -0.4 is 16.5 Å². The molecule has 0 atom stereocenters. The highest BCUT2D eigenvalue weighted by atomic mass is 35.5. The largest absolute Gasteiger partial charge is 0.354 e. The number of amidine groups is 1. The molecule has 0 bridgehead atoms. The molecule has 4 N–H and O–H groups in total. The van der Waals surface area contributed by atoms with E-state index in [4.69, 9.17) is 11.6 Å². The lowest BCUT2D eigenvalue weighted by molar-refractivity contribution is 0.577. The molecule has 24 heavy (non-hydrogen) atoms. The maximum absolute atomic E-state index is 13.5. The van der Waals surface area contributed by atoms with E-state index in [0.717, 1.165) is 22.2 Å². The number of nitrogens with zero attached hydrogens (tertiary/aromatic N) is 1. The summed E-state index contributed by atoms with van der Waals surface area (Å²) >= 11 is 5.90. The van der Waals surface area contributed by atoms with Crippen molar-refractivity contribution in [1.29, 1.82) is 0 Å².